The Morgan fingerprint density at radius 2 is 1.88 bits per heavy atom. The number of aromatic nitrogens is 3. The summed E-state index contributed by atoms with van der Waals surface area (Å²) in [4.78, 5) is 8.21. The fourth-order valence-corrected chi connectivity index (χ4v) is 3.05. The van der Waals surface area contributed by atoms with Crippen LogP contribution in [-0.4, -0.2) is 20.5 Å². The molecule has 0 saturated heterocycles. The van der Waals surface area contributed by atoms with Crippen LogP contribution >= 0.6 is 0 Å². The van der Waals surface area contributed by atoms with Gasteiger partial charge in [0.25, 0.3) is 5.92 Å². The Labute approximate surface area is 141 Å². The van der Waals surface area contributed by atoms with Crippen molar-refractivity contribution >= 4 is 0 Å². The highest BCUT2D eigenvalue weighted by Gasteiger charge is 2.47. The molecule has 0 bridgehead atoms. The summed E-state index contributed by atoms with van der Waals surface area (Å²) in [5.74, 6) is -2.13. The molecule has 0 aromatic carbocycles. The maximum atomic E-state index is 13.2. The van der Waals surface area contributed by atoms with E-state index < -0.39 is 17.7 Å². The molecule has 2 aromatic heterocycles. The van der Waals surface area contributed by atoms with Crippen LogP contribution < -0.4 is 0 Å². The maximum absolute atomic E-state index is 13.2. The van der Waals surface area contributed by atoms with Crippen LogP contribution in [0.4, 0.5) is 22.0 Å². The van der Waals surface area contributed by atoms with Crippen molar-refractivity contribution < 1.29 is 22.0 Å². The number of hydrogen-bond acceptors (Lipinski definition) is 2. The van der Waals surface area contributed by atoms with Crippen molar-refractivity contribution in [1.82, 2.24) is 14.5 Å². The molecule has 136 valence electrons. The first-order valence-electron chi connectivity index (χ1n) is 7.99. The van der Waals surface area contributed by atoms with Crippen molar-refractivity contribution in [2.45, 2.75) is 57.7 Å². The van der Waals surface area contributed by atoms with Crippen LogP contribution in [0.15, 0.2) is 18.5 Å². The fourth-order valence-electron chi connectivity index (χ4n) is 3.05. The first-order valence-corrected chi connectivity index (χ1v) is 7.99. The van der Waals surface area contributed by atoms with Gasteiger partial charge < -0.3 is 4.57 Å². The van der Waals surface area contributed by atoms with Gasteiger partial charge in [-0.05, 0) is 13.0 Å². The molecular formula is C17H18F5N3. The first kappa shape index (κ1) is 17.8. The molecule has 0 N–H and O–H groups in total. The van der Waals surface area contributed by atoms with Crippen molar-refractivity contribution in [2.75, 3.05) is 0 Å². The van der Waals surface area contributed by atoms with Gasteiger partial charge in [-0.2, -0.15) is 13.2 Å². The van der Waals surface area contributed by atoms with Gasteiger partial charge in [-0.25, -0.2) is 13.8 Å². The zero-order valence-electron chi connectivity index (χ0n) is 14.0. The minimum atomic E-state index is -4.51. The van der Waals surface area contributed by atoms with Crippen molar-refractivity contribution in [1.29, 1.82) is 0 Å². The quantitative estimate of drug-likeness (QED) is 0.690. The van der Waals surface area contributed by atoms with E-state index in [1.165, 1.54) is 13.1 Å². The zero-order chi connectivity index (χ0) is 18.6. The van der Waals surface area contributed by atoms with Crippen LogP contribution in [0, 0.1) is 6.92 Å². The summed E-state index contributed by atoms with van der Waals surface area (Å²) in [5, 5.41) is 0. The predicted molar refractivity (Wildman–Crippen MR) is 82.5 cm³/mol. The van der Waals surface area contributed by atoms with Gasteiger partial charge in [0.1, 0.15) is 5.82 Å². The third-order valence-corrected chi connectivity index (χ3v) is 4.43. The van der Waals surface area contributed by atoms with Crippen LogP contribution in [0.1, 0.15) is 55.7 Å². The number of pyridine rings is 1. The van der Waals surface area contributed by atoms with Crippen LogP contribution in [-0.2, 0) is 6.18 Å². The van der Waals surface area contributed by atoms with Crippen molar-refractivity contribution in [3.8, 4) is 11.3 Å². The average molecular weight is 359 g/mol. The Hall–Kier alpha value is -1.99. The summed E-state index contributed by atoms with van der Waals surface area (Å²) < 4.78 is 67.3. The average Bonchev–Trinajstić information content (AvgIpc) is 2.89. The van der Waals surface area contributed by atoms with Crippen molar-refractivity contribution in [3.05, 3.63) is 35.5 Å². The molecule has 1 fully saturated rings. The van der Waals surface area contributed by atoms with Crippen molar-refractivity contribution in [2.24, 2.45) is 0 Å². The van der Waals surface area contributed by atoms with Crippen LogP contribution in [0.2, 0.25) is 0 Å². The second-order valence-electron chi connectivity index (χ2n) is 6.82. The van der Waals surface area contributed by atoms with Crippen molar-refractivity contribution in [3.63, 3.8) is 0 Å². The highest BCUT2D eigenvalue weighted by molar-refractivity contribution is 5.59. The van der Waals surface area contributed by atoms with Crippen LogP contribution in [0.25, 0.3) is 11.3 Å². The molecule has 0 amide bonds. The summed E-state index contributed by atoms with van der Waals surface area (Å²) in [7, 11) is 0. The molecule has 2 heterocycles. The van der Waals surface area contributed by atoms with Crippen LogP contribution in [0.5, 0.6) is 0 Å². The lowest BCUT2D eigenvalue weighted by Crippen LogP contribution is -2.37. The third-order valence-electron chi connectivity index (χ3n) is 4.43. The molecule has 1 saturated carbocycles. The van der Waals surface area contributed by atoms with Gasteiger partial charge in [0.2, 0.25) is 0 Å². The Kier molecular flexibility index (Phi) is 4.12. The smallest absolute Gasteiger partial charge is 0.331 e. The molecule has 0 spiro atoms. The monoisotopic (exact) mass is 359 g/mol. The number of aryl methyl sites for hydroxylation is 1. The van der Waals surface area contributed by atoms with E-state index in [2.05, 4.69) is 9.97 Å². The molecule has 0 aliphatic heterocycles. The minimum absolute atomic E-state index is 0.0385. The van der Waals surface area contributed by atoms with E-state index in [1.807, 2.05) is 13.8 Å². The molecule has 2 aromatic rings. The molecule has 1 aliphatic rings. The standard InChI is InChI=1S/C17H18F5N3/c1-9(2)15-24-14(8-25(15)12-5-16(18,19)6-12)11-4-13(17(20,21)22)10(3)23-7-11/h4,7-9,12H,5-6H2,1-3H3. The molecule has 3 rings (SSSR count). The van der Waals surface area contributed by atoms with Gasteiger partial charge >= 0.3 is 6.18 Å². The highest BCUT2D eigenvalue weighted by atomic mass is 19.4. The van der Waals surface area contributed by atoms with E-state index in [0.717, 1.165) is 6.07 Å². The lowest BCUT2D eigenvalue weighted by molar-refractivity contribution is -0.138. The second kappa shape index (κ2) is 5.78. The van der Waals surface area contributed by atoms with Gasteiger partial charge in [0.05, 0.1) is 11.3 Å². The number of nitrogens with zero attached hydrogens (tertiary/aromatic N) is 3. The highest BCUT2D eigenvalue weighted by Crippen LogP contribution is 2.47. The molecule has 25 heavy (non-hydrogen) atoms. The topological polar surface area (TPSA) is 30.7 Å². The Morgan fingerprint density at radius 3 is 2.40 bits per heavy atom. The molecular weight excluding hydrogens is 341 g/mol. The number of halogens is 5. The summed E-state index contributed by atoms with van der Waals surface area (Å²) >= 11 is 0. The molecule has 0 radical (unpaired) electrons. The van der Waals surface area contributed by atoms with E-state index in [0.29, 0.717) is 11.5 Å². The number of rotatable bonds is 3. The molecule has 0 atom stereocenters. The Balaban J connectivity index is 2.01. The van der Waals surface area contributed by atoms with E-state index >= 15 is 0 Å². The van der Waals surface area contributed by atoms with E-state index in [1.54, 1.807) is 10.8 Å². The summed E-state index contributed by atoms with van der Waals surface area (Å²) in [6.07, 6.45) is -2.17. The second-order valence-corrected chi connectivity index (χ2v) is 6.82. The summed E-state index contributed by atoms with van der Waals surface area (Å²) in [6.45, 7) is 5.03. The molecule has 0 unspecified atom stereocenters. The van der Waals surface area contributed by atoms with Gasteiger partial charge in [-0.3, -0.25) is 4.98 Å². The molecule has 1 aliphatic carbocycles. The molecule has 8 heteroatoms. The number of imidazole rings is 1. The van der Waals surface area contributed by atoms with Gasteiger partial charge in [0.15, 0.2) is 0 Å². The number of hydrogen-bond donors (Lipinski definition) is 0. The minimum Gasteiger partial charge on any atom is -0.331 e. The normalized spacial score (nSPS) is 17.8. The summed E-state index contributed by atoms with van der Waals surface area (Å²) in [5.41, 5.74) is -0.388. The first-order chi connectivity index (χ1) is 11.5. The predicted octanol–water partition coefficient (Wildman–Crippen LogP) is 5.37. The zero-order valence-corrected chi connectivity index (χ0v) is 14.0. The Morgan fingerprint density at radius 1 is 1.24 bits per heavy atom. The van der Waals surface area contributed by atoms with Gasteiger partial charge in [-0.15, -0.1) is 0 Å². The lowest BCUT2D eigenvalue weighted by Gasteiger charge is -2.36. The Bertz CT molecular complexity index is 784. The number of alkyl halides is 5. The fraction of sp³-hybridized carbons (Fsp3) is 0.529. The SMILES string of the molecule is Cc1ncc(-c2cn(C3CC(F)(F)C3)c(C(C)C)n2)cc1C(F)(F)F. The van der Waals surface area contributed by atoms with Gasteiger partial charge in [-0.1, -0.05) is 13.8 Å². The lowest BCUT2D eigenvalue weighted by atomic mass is 9.87. The summed E-state index contributed by atoms with van der Waals surface area (Å²) in [6, 6.07) is 0.628. The van der Waals surface area contributed by atoms with E-state index in [-0.39, 0.29) is 36.1 Å². The maximum Gasteiger partial charge on any atom is 0.418 e. The van der Waals surface area contributed by atoms with E-state index in [9.17, 15) is 22.0 Å². The van der Waals surface area contributed by atoms with E-state index in [4.69, 9.17) is 0 Å². The van der Waals surface area contributed by atoms with Gasteiger partial charge in [0, 0.05) is 48.5 Å². The van der Waals surface area contributed by atoms with Crippen LogP contribution in [0.3, 0.4) is 0 Å². The largest absolute Gasteiger partial charge is 0.418 e. The third kappa shape index (κ3) is 3.39. The molecule has 3 nitrogen and oxygen atoms in total.